The van der Waals surface area contributed by atoms with Gasteiger partial charge < -0.3 is 42.2 Å². The van der Waals surface area contributed by atoms with Crippen molar-refractivity contribution in [1.29, 1.82) is 0 Å². The molecule has 1 unspecified atom stereocenters. The van der Waals surface area contributed by atoms with Crippen LogP contribution in [0.1, 0.15) is 47.6 Å². The lowest BCUT2D eigenvalue weighted by Gasteiger charge is -2.24. The maximum atomic E-state index is 10.8. The predicted octanol–water partition coefficient (Wildman–Crippen LogP) is 1.34. The molecule has 9 nitrogen and oxygen atoms in total. The summed E-state index contributed by atoms with van der Waals surface area (Å²) in [6, 6.07) is 9.34. The van der Waals surface area contributed by atoms with Crippen molar-refractivity contribution in [3.05, 3.63) is 58.1 Å². The predicted molar refractivity (Wildman–Crippen MR) is 132 cm³/mol. The van der Waals surface area contributed by atoms with Gasteiger partial charge >= 0.3 is 5.97 Å². The number of carbonyl (C=O) groups is 1. The molecule has 0 aliphatic rings. The maximum Gasteiger partial charge on any atom is 0.341 e. The first-order chi connectivity index (χ1) is 16.0. The molecular formula is C25H38N4O5. The standard InChI is InChI=1S/C25H38N4O5/c1-14(2)19-9-17(5-6-22(19)34-24(32)12-29-21(11-26)25(27)28)10-20-15(3)7-18(8-16(20)4)33-13-23(30)31/h5-9,14,21,24-25,29,32H,10-13,26-28H2,1-4H3,(H,30,31)/t21-,24?/m1/s1. The van der Waals surface area contributed by atoms with Crippen LogP contribution < -0.4 is 32.0 Å². The Bertz CT molecular complexity index is 941. The number of rotatable bonds is 13. The zero-order valence-electron chi connectivity index (χ0n) is 20.4. The van der Waals surface area contributed by atoms with Crippen LogP contribution in [-0.4, -0.2) is 54.4 Å². The molecule has 0 bridgehead atoms. The van der Waals surface area contributed by atoms with Crippen LogP contribution in [-0.2, 0) is 11.2 Å². The van der Waals surface area contributed by atoms with Crippen molar-refractivity contribution in [3.63, 3.8) is 0 Å². The van der Waals surface area contributed by atoms with E-state index < -0.39 is 18.4 Å². The second kappa shape index (κ2) is 12.7. The Labute approximate surface area is 201 Å². The third-order valence-corrected chi connectivity index (χ3v) is 5.65. The molecule has 0 amide bonds. The fraction of sp³-hybridized carbons (Fsp3) is 0.480. The molecule has 0 radical (unpaired) electrons. The molecule has 0 heterocycles. The molecule has 0 saturated carbocycles. The first-order valence-corrected chi connectivity index (χ1v) is 11.4. The Morgan fingerprint density at radius 1 is 1.12 bits per heavy atom. The van der Waals surface area contributed by atoms with Crippen LogP contribution >= 0.6 is 0 Å². The number of aliphatic carboxylic acids is 1. The number of aryl methyl sites for hydroxylation is 2. The van der Waals surface area contributed by atoms with Gasteiger partial charge in [-0.15, -0.1) is 0 Å². The largest absolute Gasteiger partial charge is 0.482 e. The number of carboxylic acid groups (broad SMARTS) is 1. The van der Waals surface area contributed by atoms with Gasteiger partial charge in [0, 0.05) is 12.6 Å². The topological polar surface area (TPSA) is 166 Å². The van der Waals surface area contributed by atoms with Crippen LogP contribution in [0.25, 0.3) is 0 Å². The Morgan fingerprint density at radius 2 is 1.76 bits per heavy atom. The summed E-state index contributed by atoms with van der Waals surface area (Å²) in [4.78, 5) is 10.8. The Morgan fingerprint density at radius 3 is 2.29 bits per heavy atom. The van der Waals surface area contributed by atoms with Gasteiger partial charge in [0.05, 0.1) is 12.7 Å². The van der Waals surface area contributed by atoms with Gasteiger partial charge in [0.25, 0.3) is 0 Å². The van der Waals surface area contributed by atoms with Gasteiger partial charge in [-0.1, -0.05) is 26.0 Å². The van der Waals surface area contributed by atoms with E-state index in [2.05, 4.69) is 25.2 Å². The van der Waals surface area contributed by atoms with Gasteiger partial charge in [0.1, 0.15) is 11.5 Å². The van der Waals surface area contributed by atoms with E-state index in [1.165, 1.54) is 0 Å². The molecule has 0 fully saturated rings. The molecule has 2 rings (SSSR count). The van der Waals surface area contributed by atoms with Crippen LogP contribution in [0, 0.1) is 13.8 Å². The number of ether oxygens (including phenoxy) is 2. The van der Waals surface area contributed by atoms with E-state index in [4.69, 9.17) is 31.8 Å². The summed E-state index contributed by atoms with van der Waals surface area (Å²) in [5.41, 5.74) is 22.3. The summed E-state index contributed by atoms with van der Waals surface area (Å²) >= 11 is 0. The number of hydrogen-bond donors (Lipinski definition) is 6. The summed E-state index contributed by atoms with van der Waals surface area (Å²) < 4.78 is 11.1. The number of aliphatic hydroxyl groups is 1. The lowest BCUT2D eigenvalue weighted by molar-refractivity contribution is -0.139. The van der Waals surface area contributed by atoms with E-state index in [9.17, 15) is 9.90 Å². The number of aliphatic hydroxyl groups excluding tert-OH is 1. The monoisotopic (exact) mass is 474 g/mol. The molecule has 0 saturated heterocycles. The number of nitrogens with one attached hydrogen (secondary N) is 1. The zero-order chi connectivity index (χ0) is 25.4. The van der Waals surface area contributed by atoms with Gasteiger partial charge in [-0.3, -0.25) is 0 Å². The third kappa shape index (κ3) is 7.96. The number of carboxylic acids is 1. The second-order valence-electron chi connectivity index (χ2n) is 8.82. The summed E-state index contributed by atoms with van der Waals surface area (Å²) in [5, 5.41) is 22.2. The zero-order valence-corrected chi connectivity index (χ0v) is 20.4. The summed E-state index contributed by atoms with van der Waals surface area (Å²) in [6.45, 7) is 8.14. The smallest absolute Gasteiger partial charge is 0.341 e. The lowest BCUT2D eigenvalue weighted by atomic mass is 9.93. The highest BCUT2D eigenvalue weighted by Crippen LogP contribution is 2.31. The van der Waals surface area contributed by atoms with Gasteiger partial charge in [0.2, 0.25) is 6.29 Å². The minimum absolute atomic E-state index is 0.140. The minimum atomic E-state index is -1.08. The Balaban J connectivity index is 2.15. The number of hydrogen-bond acceptors (Lipinski definition) is 8. The van der Waals surface area contributed by atoms with E-state index in [0.29, 0.717) is 17.9 Å². The molecule has 0 aliphatic heterocycles. The lowest BCUT2D eigenvalue weighted by Crippen LogP contribution is -2.56. The summed E-state index contributed by atoms with van der Waals surface area (Å²) in [5.74, 6) is 0.326. The Kier molecular flexibility index (Phi) is 10.3. The highest BCUT2D eigenvalue weighted by Gasteiger charge is 2.17. The van der Waals surface area contributed by atoms with Crippen LogP contribution in [0.2, 0.25) is 0 Å². The van der Waals surface area contributed by atoms with E-state index >= 15 is 0 Å². The van der Waals surface area contributed by atoms with Crippen molar-refractivity contribution in [2.45, 2.75) is 58.5 Å². The Hall–Kier alpha value is -2.69. The molecule has 9 N–H and O–H groups in total. The minimum Gasteiger partial charge on any atom is -0.482 e. The second-order valence-corrected chi connectivity index (χ2v) is 8.82. The van der Waals surface area contributed by atoms with Crippen LogP contribution in [0.3, 0.4) is 0 Å². The van der Waals surface area contributed by atoms with E-state index in [1.807, 2.05) is 38.1 Å². The van der Waals surface area contributed by atoms with Crippen LogP contribution in [0.4, 0.5) is 0 Å². The number of nitrogens with two attached hydrogens (primary N) is 3. The maximum absolute atomic E-state index is 10.8. The van der Waals surface area contributed by atoms with Crippen molar-refractivity contribution < 1.29 is 24.5 Å². The third-order valence-electron chi connectivity index (χ3n) is 5.65. The van der Waals surface area contributed by atoms with Crippen molar-refractivity contribution in [3.8, 4) is 11.5 Å². The SMILES string of the molecule is Cc1cc(OCC(=O)O)cc(C)c1Cc1ccc(OC(O)CN[C@H](CN)C(N)N)c(C(C)C)c1. The van der Waals surface area contributed by atoms with Crippen molar-refractivity contribution in [2.75, 3.05) is 19.7 Å². The fourth-order valence-electron chi connectivity index (χ4n) is 3.75. The molecule has 0 aliphatic carbocycles. The van der Waals surface area contributed by atoms with Crippen molar-refractivity contribution >= 4 is 5.97 Å². The average molecular weight is 475 g/mol. The average Bonchev–Trinajstić information content (AvgIpc) is 2.75. The summed E-state index contributed by atoms with van der Waals surface area (Å²) in [6.07, 6.45) is -1.01. The fourth-order valence-corrected chi connectivity index (χ4v) is 3.75. The summed E-state index contributed by atoms with van der Waals surface area (Å²) in [7, 11) is 0. The normalized spacial score (nSPS) is 13.2. The van der Waals surface area contributed by atoms with Gasteiger partial charge in [-0.2, -0.15) is 0 Å². The quantitative estimate of drug-likeness (QED) is 0.235. The van der Waals surface area contributed by atoms with Crippen LogP contribution in [0.5, 0.6) is 11.5 Å². The first-order valence-electron chi connectivity index (χ1n) is 11.4. The molecule has 0 aromatic heterocycles. The van der Waals surface area contributed by atoms with Crippen molar-refractivity contribution in [1.82, 2.24) is 5.32 Å². The van der Waals surface area contributed by atoms with Crippen molar-refractivity contribution in [2.24, 2.45) is 17.2 Å². The first kappa shape index (κ1) is 27.6. The molecule has 0 spiro atoms. The van der Waals surface area contributed by atoms with Gasteiger partial charge in [-0.05, 0) is 72.2 Å². The van der Waals surface area contributed by atoms with E-state index in [0.717, 1.165) is 27.8 Å². The molecule has 9 heteroatoms. The highest BCUT2D eigenvalue weighted by molar-refractivity contribution is 5.68. The van der Waals surface area contributed by atoms with E-state index in [1.54, 1.807) is 0 Å². The molecule has 2 aromatic rings. The van der Waals surface area contributed by atoms with Crippen LogP contribution in [0.15, 0.2) is 30.3 Å². The molecule has 2 aromatic carbocycles. The molecule has 34 heavy (non-hydrogen) atoms. The highest BCUT2D eigenvalue weighted by atomic mass is 16.6. The van der Waals surface area contributed by atoms with Gasteiger partial charge in [-0.25, -0.2) is 4.79 Å². The van der Waals surface area contributed by atoms with E-state index in [-0.39, 0.29) is 31.7 Å². The molecular weight excluding hydrogens is 436 g/mol. The molecule has 2 atom stereocenters. The molecule has 188 valence electrons. The van der Waals surface area contributed by atoms with Gasteiger partial charge in [0.15, 0.2) is 6.61 Å². The number of benzene rings is 2.